The number of methoxy groups -OCH3 is 1. The summed E-state index contributed by atoms with van der Waals surface area (Å²) in [4.78, 5) is 0. The molecule has 0 aliphatic heterocycles. The standard InChI is InChI=1S/C13H17ClF3NO3/c1-19-5-4-18-9-10-2-3-12(11(14)8-10)20-6-7-21-13(15,16)17/h2-3,8,18H,4-7,9H2,1H3. The van der Waals surface area contributed by atoms with Crippen LogP contribution in [0, 0.1) is 0 Å². The molecule has 0 saturated carbocycles. The number of hydrogen-bond acceptors (Lipinski definition) is 4. The van der Waals surface area contributed by atoms with Crippen molar-refractivity contribution in [3.8, 4) is 5.75 Å². The van der Waals surface area contributed by atoms with Gasteiger partial charge in [0, 0.05) is 20.2 Å². The van der Waals surface area contributed by atoms with Gasteiger partial charge in [-0.1, -0.05) is 17.7 Å². The predicted octanol–water partition coefficient (Wildman–Crippen LogP) is 2.99. The highest BCUT2D eigenvalue weighted by Gasteiger charge is 2.28. The fourth-order valence-corrected chi connectivity index (χ4v) is 1.75. The third-order valence-corrected chi connectivity index (χ3v) is 2.71. The molecule has 0 bridgehead atoms. The van der Waals surface area contributed by atoms with Crippen LogP contribution in [0.4, 0.5) is 13.2 Å². The van der Waals surface area contributed by atoms with Gasteiger partial charge in [-0.2, -0.15) is 0 Å². The normalized spacial score (nSPS) is 11.7. The molecule has 0 heterocycles. The maximum Gasteiger partial charge on any atom is 0.522 e. The second-order valence-electron chi connectivity index (χ2n) is 4.08. The highest BCUT2D eigenvalue weighted by molar-refractivity contribution is 6.32. The molecule has 0 saturated heterocycles. The Morgan fingerprint density at radius 2 is 1.95 bits per heavy atom. The number of hydrogen-bond donors (Lipinski definition) is 1. The monoisotopic (exact) mass is 327 g/mol. The summed E-state index contributed by atoms with van der Waals surface area (Å²) in [5.41, 5.74) is 0.940. The molecule has 21 heavy (non-hydrogen) atoms. The maximum absolute atomic E-state index is 11.8. The van der Waals surface area contributed by atoms with Crippen LogP contribution >= 0.6 is 11.6 Å². The fraction of sp³-hybridized carbons (Fsp3) is 0.538. The molecule has 0 aliphatic rings. The lowest BCUT2D eigenvalue weighted by Gasteiger charge is -2.11. The van der Waals surface area contributed by atoms with Crippen molar-refractivity contribution in [1.82, 2.24) is 5.32 Å². The van der Waals surface area contributed by atoms with E-state index in [1.54, 1.807) is 25.3 Å². The van der Waals surface area contributed by atoms with Crippen LogP contribution in [0.1, 0.15) is 5.56 Å². The minimum atomic E-state index is -4.65. The van der Waals surface area contributed by atoms with Crippen molar-refractivity contribution in [2.24, 2.45) is 0 Å². The van der Waals surface area contributed by atoms with E-state index >= 15 is 0 Å². The Balaban J connectivity index is 2.36. The highest BCUT2D eigenvalue weighted by atomic mass is 35.5. The third kappa shape index (κ3) is 8.11. The Bertz CT molecular complexity index is 430. The van der Waals surface area contributed by atoms with E-state index in [9.17, 15) is 13.2 Å². The summed E-state index contributed by atoms with van der Waals surface area (Å²) in [6, 6.07) is 5.09. The molecular weight excluding hydrogens is 311 g/mol. The Kier molecular flexibility index (Phi) is 7.81. The molecule has 1 aromatic rings. The second kappa shape index (κ2) is 9.09. The lowest BCUT2D eigenvalue weighted by molar-refractivity contribution is -0.325. The van der Waals surface area contributed by atoms with Gasteiger partial charge in [-0.3, -0.25) is 4.74 Å². The zero-order valence-corrected chi connectivity index (χ0v) is 12.3. The lowest BCUT2D eigenvalue weighted by Crippen LogP contribution is -2.19. The summed E-state index contributed by atoms with van der Waals surface area (Å²) in [7, 11) is 1.62. The molecule has 4 nitrogen and oxygen atoms in total. The third-order valence-electron chi connectivity index (χ3n) is 2.42. The first-order valence-electron chi connectivity index (χ1n) is 6.24. The number of halogens is 4. The largest absolute Gasteiger partial charge is 0.522 e. The second-order valence-corrected chi connectivity index (χ2v) is 4.48. The average molecular weight is 328 g/mol. The smallest absolute Gasteiger partial charge is 0.490 e. The Hall–Kier alpha value is -1.02. The Morgan fingerprint density at radius 3 is 2.57 bits per heavy atom. The van der Waals surface area contributed by atoms with E-state index < -0.39 is 13.0 Å². The number of ether oxygens (including phenoxy) is 3. The van der Waals surface area contributed by atoms with Gasteiger partial charge in [0.15, 0.2) is 0 Å². The molecular formula is C13H17ClF3NO3. The van der Waals surface area contributed by atoms with Gasteiger partial charge >= 0.3 is 6.36 Å². The minimum Gasteiger partial charge on any atom is -0.490 e. The number of alkyl halides is 3. The number of rotatable bonds is 9. The first kappa shape index (κ1) is 18.0. The molecule has 1 rings (SSSR count). The molecule has 0 spiro atoms. The molecule has 0 amide bonds. The first-order valence-corrected chi connectivity index (χ1v) is 6.62. The molecule has 0 aliphatic carbocycles. The van der Waals surface area contributed by atoms with Crippen molar-refractivity contribution in [2.75, 3.05) is 33.5 Å². The van der Waals surface area contributed by atoms with E-state index in [1.165, 1.54) is 0 Å². The van der Waals surface area contributed by atoms with Gasteiger partial charge in [0.25, 0.3) is 0 Å². The van der Waals surface area contributed by atoms with E-state index in [2.05, 4.69) is 10.1 Å². The molecule has 8 heteroatoms. The van der Waals surface area contributed by atoms with Crippen LogP contribution < -0.4 is 10.1 Å². The summed E-state index contributed by atoms with van der Waals surface area (Å²) < 4.78 is 48.9. The zero-order valence-electron chi connectivity index (χ0n) is 11.5. The average Bonchev–Trinajstić information content (AvgIpc) is 2.40. The quantitative estimate of drug-likeness (QED) is 0.708. The van der Waals surface area contributed by atoms with E-state index in [0.29, 0.717) is 30.5 Å². The summed E-state index contributed by atoms with van der Waals surface area (Å²) in [5, 5.41) is 3.49. The van der Waals surface area contributed by atoms with Crippen molar-refractivity contribution in [3.05, 3.63) is 28.8 Å². The van der Waals surface area contributed by atoms with E-state index in [1.807, 2.05) is 0 Å². The van der Waals surface area contributed by atoms with E-state index in [4.69, 9.17) is 21.1 Å². The van der Waals surface area contributed by atoms with Gasteiger partial charge in [-0.25, -0.2) is 0 Å². The maximum atomic E-state index is 11.8. The lowest BCUT2D eigenvalue weighted by atomic mass is 10.2. The van der Waals surface area contributed by atoms with E-state index in [-0.39, 0.29) is 6.61 Å². The van der Waals surface area contributed by atoms with Crippen molar-refractivity contribution >= 4 is 11.6 Å². The summed E-state index contributed by atoms with van der Waals surface area (Å²) in [6.07, 6.45) is -4.65. The summed E-state index contributed by atoms with van der Waals surface area (Å²) >= 11 is 6.00. The van der Waals surface area contributed by atoms with Crippen molar-refractivity contribution in [2.45, 2.75) is 12.9 Å². The fourth-order valence-electron chi connectivity index (χ4n) is 1.49. The van der Waals surface area contributed by atoms with Crippen molar-refractivity contribution in [1.29, 1.82) is 0 Å². The summed E-state index contributed by atoms with van der Waals surface area (Å²) in [5.74, 6) is 0.322. The van der Waals surface area contributed by atoms with Gasteiger partial charge in [-0.15, -0.1) is 13.2 Å². The number of nitrogens with one attached hydrogen (secondary N) is 1. The van der Waals surface area contributed by atoms with Crippen LogP contribution in [0.15, 0.2) is 18.2 Å². The Labute approximate surface area is 126 Å². The van der Waals surface area contributed by atoms with Crippen LogP contribution in [0.5, 0.6) is 5.75 Å². The SMILES string of the molecule is COCCNCc1ccc(OCCOC(F)(F)F)c(Cl)c1. The summed E-state index contributed by atoms with van der Waals surface area (Å²) in [6.45, 7) is 1.11. The van der Waals surface area contributed by atoms with Crippen molar-refractivity contribution in [3.63, 3.8) is 0 Å². The van der Waals surface area contributed by atoms with Gasteiger partial charge in [0.1, 0.15) is 12.4 Å². The molecule has 0 aromatic heterocycles. The van der Waals surface area contributed by atoms with Gasteiger partial charge in [-0.05, 0) is 17.7 Å². The topological polar surface area (TPSA) is 39.7 Å². The molecule has 0 atom stereocenters. The van der Waals surface area contributed by atoms with Crippen LogP contribution in [0.3, 0.4) is 0 Å². The minimum absolute atomic E-state index is 0.231. The highest BCUT2D eigenvalue weighted by Crippen LogP contribution is 2.25. The van der Waals surface area contributed by atoms with Gasteiger partial charge in [0.05, 0.1) is 18.2 Å². The predicted molar refractivity (Wildman–Crippen MR) is 72.5 cm³/mol. The molecule has 1 aromatic carbocycles. The Morgan fingerprint density at radius 1 is 1.19 bits per heavy atom. The first-order chi connectivity index (χ1) is 9.92. The molecule has 1 N–H and O–H groups in total. The van der Waals surface area contributed by atoms with Crippen LogP contribution in [-0.2, 0) is 16.0 Å². The zero-order chi connectivity index (χ0) is 15.7. The van der Waals surface area contributed by atoms with E-state index in [0.717, 1.165) is 5.56 Å². The molecule has 0 radical (unpaired) electrons. The van der Waals surface area contributed by atoms with Crippen LogP contribution in [0.25, 0.3) is 0 Å². The molecule has 120 valence electrons. The molecule has 0 unspecified atom stereocenters. The van der Waals surface area contributed by atoms with Gasteiger partial charge < -0.3 is 14.8 Å². The molecule has 0 fully saturated rings. The van der Waals surface area contributed by atoms with Crippen LogP contribution in [0.2, 0.25) is 5.02 Å². The number of benzene rings is 1. The van der Waals surface area contributed by atoms with Crippen LogP contribution in [-0.4, -0.2) is 39.8 Å². The van der Waals surface area contributed by atoms with Gasteiger partial charge in [0.2, 0.25) is 0 Å². The van der Waals surface area contributed by atoms with Crippen molar-refractivity contribution < 1.29 is 27.4 Å².